The molecule has 0 spiro atoms. The van der Waals surface area contributed by atoms with Gasteiger partial charge in [-0.2, -0.15) is 0 Å². The molecule has 0 aliphatic heterocycles. The molecule has 2 saturated carbocycles. The van der Waals surface area contributed by atoms with E-state index in [1.807, 2.05) is 0 Å². The Balaban J connectivity index is 1.52. The van der Waals surface area contributed by atoms with Crippen LogP contribution >= 0.6 is 0 Å². The Labute approximate surface area is 101 Å². The maximum absolute atomic E-state index is 3.69. The Bertz CT molecular complexity index is 193. The van der Waals surface area contributed by atoms with Crippen LogP contribution in [0.3, 0.4) is 0 Å². The fourth-order valence-electron chi connectivity index (χ4n) is 2.60. The van der Waals surface area contributed by atoms with E-state index in [4.69, 9.17) is 0 Å². The van der Waals surface area contributed by atoms with Crippen molar-refractivity contribution in [1.82, 2.24) is 10.6 Å². The Hall–Kier alpha value is -0.0800. The minimum atomic E-state index is 0.639. The van der Waals surface area contributed by atoms with Crippen LogP contribution < -0.4 is 10.6 Å². The fourth-order valence-corrected chi connectivity index (χ4v) is 2.60. The molecule has 16 heavy (non-hydrogen) atoms. The lowest BCUT2D eigenvalue weighted by Crippen LogP contribution is -2.40. The Morgan fingerprint density at radius 1 is 1.06 bits per heavy atom. The summed E-state index contributed by atoms with van der Waals surface area (Å²) < 4.78 is 0. The number of nitrogens with one attached hydrogen (secondary N) is 2. The van der Waals surface area contributed by atoms with E-state index in [1.54, 1.807) is 0 Å². The van der Waals surface area contributed by atoms with Gasteiger partial charge in [0.05, 0.1) is 0 Å². The second-order valence-corrected chi connectivity index (χ2v) is 6.12. The number of rotatable bonds is 6. The average Bonchev–Trinajstić information content (AvgIpc) is 3.09. The van der Waals surface area contributed by atoms with Crippen LogP contribution in [0.1, 0.15) is 52.4 Å². The van der Waals surface area contributed by atoms with Gasteiger partial charge in [-0.3, -0.25) is 0 Å². The third-order valence-corrected chi connectivity index (χ3v) is 4.18. The van der Waals surface area contributed by atoms with Gasteiger partial charge in [0.1, 0.15) is 0 Å². The summed E-state index contributed by atoms with van der Waals surface area (Å²) in [7, 11) is 0. The average molecular weight is 224 g/mol. The van der Waals surface area contributed by atoms with Crippen molar-refractivity contribution in [3.8, 4) is 0 Å². The van der Waals surface area contributed by atoms with Gasteiger partial charge in [0.15, 0.2) is 0 Å². The molecule has 2 aliphatic rings. The molecule has 0 radical (unpaired) electrons. The topological polar surface area (TPSA) is 24.1 Å². The second kappa shape index (κ2) is 6.02. The summed E-state index contributed by atoms with van der Waals surface area (Å²) in [4.78, 5) is 0. The molecular weight excluding hydrogens is 196 g/mol. The van der Waals surface area contributed by atoms with Gasteiger partial charge in [0, 0.05) is 18.6 Å². The van der Waals surface area contributed by atoms with E-state index < -0.39 is 0 Å². The van der Waals surface area contributed by atoms with Crippen LogP contribution in [0, 0.1) is 11.8 Å². The molecule has 1 atom stereocenters. The minimum Gasteiger partial charge on any atom is -0.313 e. The van der Waals surface area contributed by atoms with Crippen molar-refractivity contribution >= 4 is 0 Å². The quantitative estimate of drug-likeness (QED) is 0.724. The first-order chi connectivity index (χ1) is 7.74. The molecule has 2 N–H and O–H groups in total. The van der Waals surface area contributed by atoms with Gasteiger partial charge >= 0.3 is 0 Å². The molecule has 2 nitrogen and oxygen atoms in total. The zero-order valence-corrected chi connectivity index (χ0v) is 11.0. The monoisotopic (exact) mass is 224 g/mol. The molecule has 2 heteroatoms. The highest BCUT2D eigenvalue weighted by atomic mass is 15.0. The first kappa shape index (κ1) is 12.4. The predicted molar refractivity (Wildman–Crippen MR) is 69.6 cm³/mol. The lowest BCUT2D eigenvalue weighted by atomic mass is 9.83. The van der Waals surface area contributed by atoms with Gasteiger partial charge in [-0.05, 0) is 51.0 Å². The van der Waals surface area contributed by atoms with E-state index in [1.165, 1.54) is 45.1 Å². The summed E-state index contributed by atoms with van der Waals surface area (Å²) in [5, 5.41) is 7.28. The molecule has 0 aromatic rings. The summed E-state index contributed by atoms with van der Waals surface area (Å²) in [5.41, 5.74) is 0. The Kier molecular flexibility index (Phi) is 4.66. The number of hydrogen-bond acceptors (Lipinski definition) is 2. The van der Waals surface area contributed by atoms with Crippen LogP contribution in [-0.4, -0.2) is 25.2 Å². The van der Waals surface area contributed by atoms with Crippen LogP contribution in [0.5, 0.6) is 0 Å². The van der Waals surface area contributed by atoms with Gasteiger partial charge in [-0.1, -0.05) is 19.8 Å². The van der Waals surface area contributed by atoms with Crippen LogP contribution in [0.2, 0.25) is 0 Å². The highest BCUT2D eigenvalue weighted by Gasteiger charge is 2.21. The molecule has 0 heterocycles. The summed E-state index contributed by atoms with van der Waals surface area (Å²) in [5.74, 6) is 1.92. The maximum atomic E-state index is 3.69. The second-order valence-electron chi connectivity index (χ2n) is 6.12. The summed E-state index contributed by atoms with van der Waals surface area (Å²) in [6.07, 6.45) is 8.57. The smallest absolute Gasteiger partial charge is 0.0164 e. The molecule has 2 rings (SSSR count). The first-order valence-corrected chi connectivity index (χ1v) is 7.21. The molecular formula is C14H28N2. The third kappa shape index (κ3) is 4.42. The largest absolute Gasteiger partial charge is 0.313 e. The van der Waals surface area contributed by atoms with Gasteiger partial charge < -0.3 is 10.6 Å². The zero-order chi connectivity index (χ0) is 11.4. The SMILES string of the molecule is CC1CCC(CNC(C)CNC2CC2)CC1. The van der Waals surface area contributed by atoms with Crippen molar-refractivity contribution in [3.63, 3.8) is 0 Å². The number of hydrogen-bond donors (Lipinski definition) is 2. The minimum absolute atomic E-state index is 0.639. The van der Waals surface area contributed by atoms with Gasteiger partial charge in [0.25, 0.3) is 0 Å². The molecule has 94 valence electrons. The lowest BCUT2D eigenvalue weighted by Gasteiger charge is -2.27. The fraction of sp³-hybridized carbons (Fsp3) is 1.00. The van der Waals surface area contributed by atoms with Crippen LogP contribution in [-0.2, 0) is 0 Å². The van der Waals surface area contributed by atoms with Crippen LogP contribution in [0.15, 0.2) is 0 Å². The van der Waals surface area contributed by atoms with Crippen LogP contribution in [0.4, 0.5) is 0 Å². The van der Waals surface area contributed by atoms with Crippen molar-refractivity contribution in [2.45, 2.75) is 64.5 Å². The van der Waals surface area contributed by atoms with Crippen molar-refractivity contribution in [2.75, 3.05) is 13.1 Å². The highest BCUT2D eigenvalue weighted by Crippen LogP contribution is 2.27. The van der Waals surface area contributed by atoms with E-state index >= 15 is 0 Å². The molecule has 2 fully saturated rings. The van der Waals surface area contributed by atoms with E-state index in [-0.39, 0.29) is 0 Å². The summed E-state index contributed by atoms with van der Waals surface area (Å²) >= 11 is 0. The standard InChI is InChI=1S/C14H28N2/c1-11-3-5-13(6-4-11)10-15-12(2)9-16-14-7-8-14/h11-16H,3-10H2,1-2H3. The molecule has 2 aliphatic carbocycles. The van der Waals surface area contributed by atoms with E-state index in [2.05, 4.69) is 24.5 Å². The zero-order valence-electron chi connectivity index (χ0n) is 11.0. The normalized spacial score (nSPS) is 32.6. The van der Waals surface area contributed by atoms with Gasteiger partial charge in [-0.15, -0.1) is 0 Å². The van der Waals surface area contributed by atoms with E-state index in [0.29, 0.717) is 6.04 Å². The predicted octanol–water partition coefficient (Wildman–Crippen LogP) is 2.54. The third-order valence-electron chi connectivity index (χ3n) is 4.18. The maximum Gasteiger partial charge on any atom is 0.0164 e. The van der Waals surface area contributed by atoms with E-state index in [0.717, 1.165) is 24.4 Å². The molecule has 0 amide bonds. The van der Waals surface area contributed by atoms with Crippen molar-refractivity contribution < 1.29 is 0 Å². The Morgan fingerprint density at radius 3 is 2.38 bits per heavy atom. The molecule has 0 saturated heterocycles. The van der Waals surface area contributed by atoms with Crippen molar-refractivity contribution in [2.24, 2.45) is 11.8 Å². The molecule has 0 aromatic carbocycles. The summed E-state index contributed by atoms with van der Waals surface area (Å²) in [6, 6.07) is 1.49. The lowest BCUT2D eigenvalue weighted by molar-refractivity contribution is 0.274. The molecule has 1 unspecified atom stereocenters. The Morgan fingerprint density at radius 2 is 1.75 bits per heavy atom. The van der Waals surface area contributed by atoms with Crippen molar-refractivity contribution in [3.05, 3.63) is 0 Å². The van der Waals surface area contributed by atoms with Gasteiger partial charge in [-0.25, -0.2) is 0 Å². The first-order valence-electron chi connectivity index (χ1n) is 7.21. The van der Waals surface area contributed by atoms with Gasteiger partial charge in [0.2, 0.25) is 0 Å². The van der Waals surface area contributed by atoms with E-state index in [9.17, 15) is 0 Å². The van der Waals surface area contributed by atoms with Crippen molar-refractivity contribution in [1.29, 1.82) is 0 Å². The molecule has 0 aromatic heterocycles. The summed E-state index contributed by atoms with van der Waals surface area (Å²) in [6.45, 7) is 7.08. The highest BCUT2D eigenvalue weighted by molar-refractivity contribution is 4.82. The molecule has 0 bridgehead atoms. The van der Waals surface area contributed by atoms with Crippen LogP contribution in [0.25, 0.3) is 0 Å².